The zero-order valence-electron chi connectivity index (χ0n) is 13.6. The second-order valence-electron chi connectivity index (χ2n) is 5.98. The van der Waals surface area contributed by atoms with Crippen LogP contribution in [0.5, 0.6) is 0 Å². The fourth-order valence-corrected chi connectivity index (χ4v) is 4.99. The molecule has 0 radical (unpaired) electrons. The monoisotopic (exact) mass is 340 g/mol. The number of hydrogen-bond donors (Lipinski definition) is 1. The molecule has 1 fully saturated rings. The fraction of sp³-hybridized carbons (Fsp3) is 0.562. The van der Waals surface area contributed by atoms with Crippen LogP contribution in [0.1, 0.15) is 35.7 Å². The van der Waals surface area contributed by atoms with Crippen molar-refractivity contribution in [3.05, 3.63) is 35.4 Å². The Bertz CT molecular complexity index is 660. The van der Waals surface area contributed by atoms with Gasteiger partial charge in [0.05, 0.1) is 18.4 Å². The first kappa shape index (κ1) is 17.9. The summed E-state index contributed by atoms with van der Waals surface area (Å²) in [5.74, 6) is -0.360. The molecule has 2 rings (SSSR count). The maximum Gasteiger partial charge on any atom is 0.337 e. The van der Waals surface area contributed by atoms with E-state index in [1.807, 2.05) is 6.92 Å². The predicted molar refractivity (Wildman–Crippen MR) is 88.4 cm³/mol. The van der Waals surface area contributed by atoms with Crippen molar-refractivity contribution in [2.75, 3.05) is 20.2 Å². The lowest BCUT2D eigenvalue weighted by Crippen LogP contribution is -2.51. The van der Waals surface area contributed by atoms with E-state index in [0.29, 0.717) is 24.2 Å². The lowest BCUT2D eigenvalue weighted by Gasteiger charge is -2.38. The summed E-state index contributed by atoms with van der Waals surface area (Å²) in [7, 11) is -2.18. The summed E-state index contributed by atoms with van der Waals surface area (Å²) in [6.07, 6.45) is 1.84. The summed E-state index contributed by atoms with van der Waals surface area (Å²) in [4.78, 5) is 11.6. The molecule has 1 saturated heterocycles. The number of sulfonamides is 1. The van der Waals surface area contributed by atoms with Crippen LogP contribution in [0.4, 0.5) is 0 Å². The second-order valence-corrected chi connectivity index (χ2v) is 7.90. The Labute approximate surface area is 137 Å². The lowest BCUT2D eigenvalue weighted by atomic mass is 9.93. The molecule has 1 aromatic carbocycles. The van der Waals surface area contributed by atoms with Crippen LogP contribution >= 0.6 is 0 Å². The van der Waals surface area contributed by atoms with Gasteiger partial charge in [0.1, 0.15) is 0 Å². The highest BCUT2D eigenvalue weighted by Gasteiger charge is 2.35. The van der Waals surface area contributed by atoms with Gasteiger partial charge in [0.25, 0.3) is 0 Å². The molecular formula is C16H24N2O4S. The molecule has 23 heavy (non-hydrogen) atoms. The summed E-state index contributed by atoms with van der Waals surface area (Å²) in [5, 5.41) is 0. The first-order valence-corrected chi connectivity index (χ1v) is 9.37. The lowest BCUT2D eigenvalue weighted by molar-refractivity contribution is 0.0600. The van der Waals surface area contributed by atoms with E-state index in [1.54, 1.807) is 24.3 Å². The normalized spacial score (nSPS) is 22.7. The molecule has 128 valence electrons. The van der Waals surface area contributed by atoms with Crippen LogP contribution in [0, 0.1) is 5.92 Å². The van der Waals surface area contributed by atoms with E-state index in [9.17, 15) is 13.2 Å². The number of benzene rings is 1. The Balaban J connectivity index is 2.22. The highest BCUT2D eigenvalue weighted by atomic mass is 32.2. The standard InChI is InChI=1S/C16H24N2O4S/c1-12-5-4-8-18(15(12)10-17)23(20,21)11-13-6-3-7-14(9-13)16(19)22-2/h3,6-7,9,12,15H,4-5,8,10-11,17H2,1-2H3. The van der Waals surface area contributed by atoms with Crippen LogP contribution in [0.25, 0.3) is 0 Å². The molecule has 1 aliphatic heterocycles. The van der Waals surface area contributed by atoms with Crippen molar-refractivity contribution >= 4 is 16.0 Å². The third kappa shape index (κ3) is 4.10. The Morgan fingerprint density at radius 2 is 2.17 bits per heavy atom. The van der Waals surface area contributed by atoms with Crippen LogP contribution in [-0.4, -0.2) is 44.9 Å². The molecule has 2 N–H and O–H groups in total. The number of carbonyl (C=O) groups is 1. The molecule has 0 aromatic heterocycles. The van der Waals surface area contributed by atoms with Crippen molar-refractivity contribution < 1.29 is 17.9 Å². The Morgan fingerprint density at radius 1 is 1.43 bits per heavy atom. The number of carbonyl (C=O) groups excluding carboxylic acids is 1. The van der Waals surface area contributed by atoms with Gasteiger partial charge in [-0.15, -0.1) is 0 Å². The number of rotatable bonds is 5. The van der Waals surface area contributed by atoms with Gasteiger partial charge in [-0.2, -0.15) is 4.31 Å². The minimum Gasteiger partial charge on any atom is -0.465 e. The molecule has 0 saturated carbocycles. The molecule has 7 heteroatoms. The molecule has 1 heterocycles. The van der Waals surface area contributed by atoms with Crippen LogP contribution in [0.3, 0.4) is 0 Å². The summed E-state index contributed by atoms with van der Waals surface area (Å²) >= 11 is 0. The minimum atomic E-state index is -3.48. The second kappa shape index (κ2) is 7.42. The number of hydrogen-bond acceptors (Lipinski definition) is 5. The molecule has 2 unspecified atom stereocenters. The molecule has 0 spiro atoms. The largest absolute Gasteiger partial charge is 0.465 e. The van der Waals surface area contributed by atoms with Crippen molar-refractivity contribution in [3.8, 4) is 0 Å². The molecule has 0 amide bonds. The first-order valence-electron chi connectivity index (χ1n) is 7.76. The van der Waals surface area contributed by atoms with Gasteiger partial charge in [-0.1, -0.05) is 19.1 Å². The number of nitrogens with two attached hydrogens (primary N) is 1. The first-order chi connectivity index (χ1) is 10.9. The molecule has 0 bridgehead atoms. The van der Waals surface area contributed by atoms with Crippen LogP contribution < -0.4 is 5.73 Å². The van der Waals surface area contributed by atoms with Crippen LogP contribution in [-0.2, 0) is 20.5 Å². The summed E-state index contributed by atoms with van der Waals surface area (Å²) in [6.45, 7) is 2.87. The average molecular weight is 340 g/mol. The molecule has 1 aliphatic rings. The van der Waals surface area contributed by atoms with E-state index in [2.05, 4.69) is 4.74 Å². The molecule has 6 nitrogen and oxygen atoms in total. The Morgan fingerprint density at radius 3 is 2.83 bits per heavy atom. The van der Waals surface area contributed by atoms with Gasteiger partial charge in [-0.3, -0.25) is 0 Å². The van der Waals surface area contributed by atoms with Crippen molar-refractivity contribution in [1.82, 2.24) is 4.31 Å². The van der Waals surface area contributed by atoms with Crippen molar-refractivity contribution in [2.45, 2.75) is 31.6 Å². The molecule has 2 atom stereocenters. The smallest absolute Gasteiger partial charge is 0.337 e. The molecule has 0 aliphatic carbocycles. The van der Waals surface area contributed by atoms with Gasteiger partial charge in [0.15, 0.2) is 0 Å². The highest BCUT2D eigenvalue weighted by molar-refractivity contribution is 7.88. The van der Waals surface area contributed by atoms with E-state index >= 15 is 0 Å². The number of methoxy groups -OCH3 is 1. The predicted octanol–water partition coefficient (Wildman–Crippen LogP) is 1.36. The van der Waals surface area contributed by atoms with Crippen molar-refractivity contribution in [2.24, 2.45) is 11.7 Å². The number of piperidine rings is 1. The number of ether oxygens (including phenoxy) is 1. The fourth-order valence-electron chi connectivity index (χ4n) is 3.11. The zero-order valence-corrected chi connectivity index (χ0v) is 14.4. The summed E-state index contributed by atoms with van der Waals surface area (Å²) in [5.41, 5.74) is 6.71. The SMILES string of the molecule is COC(=O)c1cccc(CS(=O)(=O)N2CCCC(C)C2CN)c1. The average Bonchev–Trinajstić information content (AvgIpc) is 2.53. The van der Waals surface area contributed by atoms with E-state index in [0.717, 1.165) is 12.8 Å². The van der Waals surface area contributed by atoms with Gasteiger partial charge >= 0.3 is 5.97 Å². The van der Waals surface area contributed by atoms with Gasteiger partial charge in [-0.05, 0) is 36.5 Å². The third-order valence-corrected chi connectivity index (χ3v) is 6.23. The highest BCUT2D eigenvalue weighted by Crippen LogP contribution is 2.27. The number of esters is 1. The van der Waals surface area contributed by atoms with Gasteiger partial charge < -0.3 is 10.5 Å². The van der Waals surface area contributed by atoms with Gasteiger partial charge in [0, 0.05) is 19.1 Å². The molecular weight excluding hydrogens is 316 g/mol. The maximum atomic E-state index is 12.8. The van der Waals surface area contributed by atoms with Gasteiger partial charge in [0.2, 0.25) is 10.0 Å². The maximum absolute atomic E-state index is 12.8. The van der Waals surface area contributed by atoms with Crippen LogP contribution in [0.15, 0.2) is 24.3 Å². The van der Waals surface area contributed by atoms with Crippen molar-refractivity contribution in [1.29, 1.82) is 0 Å². The zero-order chi connectivity index (χ0) is 17.0. The van der Waals surface area contributed by atoms with E-state index in [1.165, 1.54) is 11.4 Å². The Hall–Kier alpha value is -1.44. The summed E-state index contributed by atoms with van der Waals surface area (Å²) < 4.78 is 31.8. The topological polar surface area (TPSA) is 89.7 Å². The van der Waals surface area contributed by atoms with Crippen LogP contribution in [0.2, 0.25) is 0 Å². The summed E-state index contributed by atoms with van der Waals surface area (Å²) in [6, 6.07) is 6.38. The van der Waals surface area contributed by atoms with E-state index in [-0.39, 0.29) is 17.7 Å². The minimum absolute atomic E-state index is 0.138. The van der Waals surface area contributed by atoms with Gasteiger partial charge in [-0.25, -0.2) is 13.2 Å². The molecule has 1 aromatic rings. The quantitative estimate of drug-likeness (QED) is 0.818. The Kier molecular flexibility index (Phi) is 5.78. The van der Waals surface area contributed by atoms with E-state index in [4.69, 9.17) is 5.73 Å². The third-order valence-electron chi connectivity index (χ3n) is 4.36. The number of nitrogens with zero attached hydrogens (tertiary/aromatic N) is 1. The van der Waals surface area contributed by atoms with E-state index < -0.39 is 16.0 Å². The van der Waals surface area contributed by atoms with Crippen molar-refractivity contribution in [3.63, 3.8) is 0 Å².